The Kier molecular flexibility index (Phi) is 5.25. The van der Waals surface area contributed by atoms with Gasteiger partial charge in [0.2, 0.25) is 0 Å². The molecule has 0 aliphatic heterocycles. The van der Waals surface area contributed by atoms with Gasteiger partial charge in [-0.25, -0.2) is 0 Å². The van der Waals surface area contributed by atoms with E-state index < -0.39 is 0 Å². The first kappa shape index (κ1) is 15.9. The monoisotopic (exact) mass is 368 g/mol. The van der Waals surface area contributed by atoms with Gasteiger partial charge in [-0.05, 0) is 37.3 Å². The standard InChI is InChI=1S/C15H17BrN2O2S/c1-10-13(17)9-14(21-10)15(19)18(2)7-8-20-12-5-3-11(16)4-6-12/h3-6,9H,7-8,17H2,1-2H3. The van der Waals surface area contributed by atoms with Crippen LogP contribution in [0.2, 0.25) is 0 Å². The normalized spacial score (nSPS) is 10.4. The van der Waals surface area contributed by atoms with Crippen molar-refractivity contribution in [3.05, 3.63) is 44.6 Å². The molecular formula is C15H17BrN2O2S. The summed E-state index contributed by atoms with van der Waals surface area (Å²) in [6, 6.07) is 9.34. The molecule has 0 aliphatic carbocycles. The summed E-state index contributed by atoms with van der Waals surface area (Å²) >= 11 is 4.79. The third-order valence-corrected chi connectivity index (χ3v) is 4.61. The Balaban J connectivity index is 1.85. The minimum absolute atomic E-state index is 0.0285. The molecule has 2 N–H and O–H groups in total. The van der Waals surface area contributed by atoms with Gasteiger partial charge >= 0.3 is 0 Å². The summed E-state index contributed by atoms with van der Waals surface area (Å²) in [6.45, 7) is 2.88. The number of carbonyl (C=O) groups excluding carboxylic acids is 1. The molecule has 1 aromatic heterocycles. The molecule has 0 saturated carbocycles. The van der Waals surface area contributed by atoms with E-state index in [1.165, 1.54) is 11.3 Å². The quantitative estimate of drug-likeness (QED) is 0.877. The Morgan fingerprint density at radius 3 is 2.62 bits per heavy atom. The van der Waals surface area contributed by atoms with Gasteiger partial charge in [0.05, 0.1) is 11.4 Å². The van der Waals surface area contributed by atoms with Gasteiger partial charge in [-0.1, -0.05) is 15.9 Å². The Labute approximate surface area is 136 Å². The highest BCUT2D eigenvalue weighted by molar-refractivity contribution is 9.10. The molecule has 21 heavy (non-hydrogen) atoms. The number of thiophene rings is 1. The summed E-state index contributed by atoms with van der Waals surface area (Å²) in [7, 11) is 1.76. The van der Waals surface area contributed by atoms with E-state index in [-0.39, 0.29) is 5.91 Å². The molecule has 112 valence electrons. The first-order valence-corrected chi connectivity index (χ1v) is 8.08. The average molecular weight is 369 g/mol. The van der Waals surface area contributed by atoms with Crippen LogP contribution in [0.3, 0.4) is 0 Å². The minimum atomic E-state index is -0.0285. The Morgan fingerprint density at radius 2 is 2.05 bits per heavy atom. The lowest BCUT2D eigenvalue weighted by Gasteiger charge is -2.16. The number of anilines is 1. The molecule has 0 aliphatic rings. The van der Waals surface area contributed by atoms with E-state index in [1.54, 1.807) is 18.0 Å². The smallest absolute Gasteiger partial charge is 0.263 e. The number of hydrogen-bond acceptors (Lipinski definition) is 4. The maximum atomic E-state index is 12.2. The number of likely N-dealkylation sites (N-methyl/N-ethyl adjacent to an activating group) is 1. The fourth-order valence-corrected chi connectivity index (χ4v) is 2.92. The van der Waals surface area contributed by atoms with Gasteiger partial charge < -0.3 is 15.4 Å². The minimum Gasteiger partial charge on any atom is -0.492 e. The van der Waals surface area contributed by atoms with E-state index in [9.17, 15) is 4.79 Å². The predicted octanol–water partition coefficient (Wildman–Crippen LogP) is 3.55. The van der Waals surface area contributed by atoms with Crippen molar-refractivity contribution in [2.24, 2.45) is 0 Å². The molecular weight excluding hydrogens is 352 g/mol. The lowest BCUT2D eigenvalue weighted by Crippen LogP contribution is -2.30. The maximum absolute atomic E-state index is 12.2. The van der Waals surface area contributed by atoms with Crippen LogP contribution in [0, 0.1) is 6.92 Å². The van der Waals surface area contributed by atoms with E-state index >= 15 is 0 Å². The van der Waals surface area contributed by atoms with Crippen molar-refractivity contribution in [1.29, 1.82) is 0 Å². The number of carbonyl (C=O) groups is 1. The van der Waals surface area contributed by atoms with Crippen molar-refractivity contribution < 1.29 is 9.53 Å². The lowest BCUT2D eigenvalue weighted by molar-refractivity contribution is 0.0778. The number of rotatable bonds is 5. The van der Waals surface area contributed by atoms with Crippen LogP contribution in [-0.4, -0.2) is 31.0 Å². The summed E-state index contributed by atoms with van der Waals surface area (Å²) in [5, 5.41) is 0. The molecule has 1 heterocycles. The molecule has 0 spiro atoms. The van der Waals surface area contributed by atoms with E-state index in [2.05, 4.69) is 15.9 Å². The number of amides is 1. The lowest BCUT2D eigenvalue weighted by atomic mass is 10.3. The zero-order chi connectivity index (χ0) is 15.4. The highest BCUT2D eigenvalue weighted by atomic mass is 79.9. The number of nitrogen functional groups attached to an aromatic ring is 1. The van der Waals surface area contributed by atoms with Gasteiger partial charge in [0.15, 0.2) is 0 Å². The number of hydrogen-bond donors (Lipinski definition) is 1. The van der Waals surface area contributed by atoms with Crippen LogP contribution in [0.5, 0.6) is 5.75 Å². The second-order valence-corrected chi connectivity index (χ2v) is 6.82. The first-order valence-electron chi connectivity index (χ1n) is 6.47. The van der Waals surface area contributed by atoms with Gasteiger partial charge in [0, 0.05) is 22.1 Å². The highest BCUT2D eigenvalue weighted by Gasteiger charge is 2.15. The summed E-state index contributed by atoms with van der Waals surface area (Å²) < 4.78 is 6.62. The Bertz CT molecular complexity index is 606. The average Bonchev–Trinajstić information content (AvgIpc) is 2.80. The summed E-state index contributed by atoms with van der Waals surface area (Å²) in [4.78, 5) is 15.5. The number of nitrogens with two attached hydrogens (primary N) is 1. The Morgan fingerprint density at radius 1 is 1.38 bits per heavy atom. The molecule has 0 unspecified atom stereocenters. The number of ether oxygens (including phenoxy) is 1. The highest BCUT2D eigenvalue weighted by Crippen LogP contribution is 2.24. The van der Waals surface area contributed by atoms with E-state index in [1.807, 2.05) is 31.2 Å². The van der Waals surface area contributed by atoms with Crippen LogP contribution >= 0.6 is 27.3 Å². The molecule has 1 aromatic carbocycles. The van der Waals surface area contributed by atoms with Gasteiger partial charge in [-0.3, -0.25) is 4.79 Å². The first-order chi connectivity index (χ1) is 9.97. The summed E-state index contributed by atoms with van der Waals surface area (Å²) in [5.41, 5.74) is 6.45. The van der Waals surface area contributed by atoms with Gasteiger partial charge in [0.25, 0.3) is 5.91 Å². The second-order valence-electron chi connectivity index (χ2n) is 4.65. The molecule has 0 saturated heterocycles. The Hall–Kier alpha value is -1.53. The van der Waals surface area contributed by atoms with Crippen LogP contribution in [0.25, 0.3) is 0 Å². The fraction of sp³-hybridized carbons (Fsp3) is 0.267. The number of benzene rings is 1. The van der Waals surface area contributed by atoms with Gasteiger partial charge in [-0.2, -0.15) is 0 Å². The molecule has 2 rings (SSSR count). The van der Waals surface area contributed by atoms with Crippen molar-refractivity contribution in [2.75, 3.05) is 25.9 Å². The van der Waals surface area contributed by atoms with Crippen LogP contribution in [0.1, 0.15) is 14.5 Å². The largest absolute Gasteiger partial charge is 0.492 e. The number of nitrogens with zero attached hydrogens (tertiary/aromatic N) is 1. The van der Waals surface area contributed by atoms with E-state index in [0.29, 0.717) is 23.7 Å². The number of aryl methyl sites for hydroxylation is 1. The van der Waals surface area contributed by atoms with E-state index in [0.717, 1.165) is 15.1 Å². The van der Waals surface area contributed by atoms with Crippen LogP contribution < -0.4 is 10.5 Å². The molecule has 0 bridgehead atoms. The SMILES string of the molecule is Cc1sc(C(=O)N(C)CCOc2ccc(Br)cc2)cc1N. The fourth-order valence-electron chi connectivity index (χ4n) is 1.72. The molecule has 0 radical (unpaired) electrons. The topological polar surface area (TPSA) is 55.6 Å². The van der Waals surface area contributed by atoms with Gasteiger partial charge in [-0.15, -0.1) is 11.3 Å². The van der Waals surface area contributed by atoms with Crippen molar-refractivity contribution in [3.63, 3.8) is 0 Å². The molecule has 2 aromatic rings. The maximum Gasteiger partial charge on any atom is 0.263 e. The van der Waals surface area contributed by atoms with Crippen LogP contribution in [-0.2, 0) is 0 Å². The molecule has 6 heteroatoms. The van der Waals surface area contributed by atoms with Crippen LogP contribution in [0.15, 0.2) is 34.8 Å². The zero-order valence-corrected chi connectivity index (χ0v) is 14.3. The van der Waals surface area contributed by atoms with Crippen molar-refractivity contribution >= 4 is 38.9 Å². The zero-order valence-electron chi connectivity index (χ0n) is 11.9. The molecule has 0 atom stereocenters. The van der Waals surface area contributed by atoms with Crippen molar-refractivity contribution in [1.82, 2.24) is 4.90 Å². The van der Waals surface area contributed by atoms with Crippen LogP contribution in [0.4, 0.5) is 5.69 Å². The summed E-state index contributed by atoms with van der Waals surface area (Å²) in [5.74, 6) is 0.759. The predicted molar refractivity (Wildman–Crippen MR) is 90.1 cm³/mol. The third kappa shape index (κ3) is 4.22. The molecule has 4 nitrogen and oxygen atoms in total. The van der Waals surface area contributed by atoms with Crippen molar-refractivity contribution in [3.8, 4) is 5.75 Å². The van der Waals surface area contributed by atoms with E-state index in [4.69, 9.17) is 10.5 Å². The second kappa shape index (κ2) is 6.95. The summed E-state index contributed by atoms with van der Waals surface area (Å²) in [6.07, 6.45) is 0. The molecule has 0 fully saturated rings. The molecule has 1 amide bonds. The van der Waals surface area contributed by atoms with Crippen molar-refractivity contribution in [2.45, 2.75) is 6.92 Å². The third-order valence-electron chi connectivity index (χ3n) is 3.02. The number of halogens is 1. The van der Waals surface area contributed by atoms with Gasteiger partial charge in [0.1, 0.15) is 12.4 Å².